The minimum Gasteiger partial charge on any atom is -0.496 e. The fourth-order valence-corrected chi connectivity index (χ4v) is 2.63. The van der Waals surface area contributed by atoms with Gasteiger partial charge in [0, 0.05) is 0 Å². The Labute approximate surface area is 166 Å². The highest BCUT2D eigenvalue weighted by Gasteiger charge is 2.17. The number of nitrogens with one attached hydrogen (secondary N) is 1. The van der Waals surface area contributed by atoms with E-state index in [0.29, 0.717) is 16.8 Å². The van der Waals surface area contributed by atoms with E-state index in [9.17, 15) is 14.4 Å². The van der Waals surface area contributed by atoms with Crippen molar-refractivity contribution in [3.8, 4) is 5.75 Å². The molecule has 1 aromatic heterocycles. The third-order valence-corrected chi connectivity index (χ3v) is 4.25. The Balaban J connectivity index is 1.63. The summed E-state index contributed by atoms with van der Waals surface area (Å²) in [6, 6.07) is 11.2. The van der Waals surface area contributed by atoms with E-state index in [4.69, 9.17) is 9.47 Å². The Morgan fingerprint density at radius 2 is 1.66 bits per heavy atom. The highest BCUT2D eigenvalue weighted by Crippen LogP contribution is 2.17. The van der Waals surface area contributed by atoms with Crippen LogP contribution in [0.25, 0.3) is 11.0 Å². The summed E-state index contributed by atoms with van der Waals surface area (Å²) in [6.45, 7) is 3.08. The fourth-order valence-electron chi connectivity index (χ4n) is 2.63. The number of ether oxygens (including phenoxy) is 2. The van der Waals surface area contributed by atoms with Crippen molar-refractivity contribution in [2.45, 2.75) is 13.8 Å². The molecule has 1 heterocycles. The van der Waals surface area contributed by atoms with Gasteiger partial charge in [-0.25, -0.2) is 14.8 Å². The van der Waals surface area contributed by atoms with Gasteiger partial charge in [0.15, 0.2) is 6.61 Å². The van der Waals surface area contributed by atoms with Crippen molar-refractivity contribution in [3.05, 3.63) is 65.0 Å². The molecule has 0 fully saturated rings. The van der Waals surface area contributed by atoms with E-state index in [1.54, 1.807) is 36.4 Å². The van der Waals surface area contributed by atoms with Gasteiger partial charge in [-0.15, -0.1) is 0 Å². The number of benzene rings is 2. The standard InChI is InChI=1S/C21H19N3O5/c1-12-13(2)23-17-10-14(8-9-16(17)22-12)21(27)29-11-19(25)24-20(26)15-6-4-5-7-18(15)28-3/h4-10H,11H2,1-3H3,(H,24,25,26). The first kappa shape index (κ1) is 19.9. The van der Waals surface area contributed by atoms with Crippen LogP contribution >= 0.6 is 0 Å². The van der Waals surface area contributed by atoms with E-state index in [-0.39, 0.29) is 11.1 Å². The lowest BCUT2D eigenvalue weighted by Gasteiger charge is -2.09. The second kappa shape index (κ2) is 8.47. The Hall–Kier alpha value is -3.81. The number of carbonyl (C=O) groups excluding carboxylic acids is 3. The van der Waals surface area contributed by atoms with Crippen LogP contribution in [0.5, 0.6) is 5.75 Å². The summed E-state index contributed by atoms with van der Waals surface area (Å²) in [6.07, 6.45) is 0. The third-order valence-electron chi connectivity index (χ3n) is 4.25. The molecule has 0 atom stereocenters. The molecular weight excluding hydrogens is 374 g/mol. The molecule has 0 saturated heterocycles. The Kier molecular flexibility index (Phi) is 5.82. The van der Waals surface area contributed by atoms with E-state index in [1.165, 1.54) is 13.2 Å². The molecule has 29 heavy (non-hydrogen) atoms. The molecule has 0 aliphatic heterocycles. The van der Waals surface area contributed by atoms with Gasteiger partial charge < -0.3 is 9.47 Å². The summed E-state index contributed by atoms with van der Waals surface area (Å²) < 4.78 is 10.1. The lowest BCUT2D eigenvalue weighted by atomic mass is 10.2. The van der Waals surface area contributed by atoms with Gasteiger partial charge in [-0.05, 0) is 44.2 Å². The van der Waals surface area contributed by atoms with Crippen molar-refractivity contribution in [1.29, 1.82) is 0 Å². The van der Waals surface area contributed by atoms with E-state index in [0.717, 1.165) is 11.4 Å². The lowest BCUT2D eigenvalue weighted by molar-refractivity contribution is -0.123. The first-order chi connectivity index (χ1) is 13.9. The summed E-state index contributed by atoms with van der Waals surface area (Å²) in [7, 11) is 1.42. The first-order valence-electron chi connectivity index (χ1n) is 8.78. The topological polar surface area (TPSA) is 107 Å². The minimum atomic E-state index is -0.749. The molecule has 0 aliphatic rings. The minimum absolute atomic E-state index is 0.202. The normalized spacial score (nSPS) is 10.4. The number of rotatable bonds is 5. The zero-order chi connectivity index (χ0) is 21.0. The van der Waals surface area contributed by atoms with Crippen LogP contribution in [0.4, 0.5) is 0 Å². The summed E-state index contributed by atoms with van der Waals surface area (Å²) in [5.41, 5.74) is 3.22. The maximum absolute atomic E-state index is 12.2. The summed E-state index contributed by atoms with van der Waals surface area (Å²) in [4.78, 5) is 45.2. The van der Waals surface area contributed by atoms with E-state index in [2.05, 4.69) is 15.3 Å². The third kappa shape index (κ3) is 4.55. The smallest absolute Gasteiger partial charge is 0.338 e. The van der Waals surface area contributed by atoms with Crippen molar-refractivity contribution < 1.29 is 23.9 Å². The molecule has 0 unspecified atom stereocenters. The Morgan fingerprint density at radius 1 is 0.966 bits per heavy atom. The van der Waals surface area contributed by atoms with Crippen molar-refractivity contribution in [1.82, 2.24) is 15.3 Å². The van der Waals surface area contributed by atoms with Crippen LogP contribution in [0.15, 0.2) is 42.5 Å². The van der Waals surface area contributed by atoms with Gasteiger partial charge in [-0.3, -0.25) is 14.9 Å². The van der Waals surface area contributed by atoms with Crippen LogP contribution in [0.1, 0.15) is 32.1 Å². The maximum Gasteiger partial charge on any atom is 0.338 e. The van der Waals surface area contributed by atoms with Gasteiger partial charge in [-0.2, -0.15) is 0 Å². The quantitative estimate of drug-likeness (QED) is 0.663. The van der Waals surface area contributed by atoms with Crippen LogP contribution in [0.3, 0.4) is 0 Å². The predicted molar refractivity (Wildman–Crippen MR) is 105 cm³/mol. The van der Waals surface area contributed by atoms with Gasteiger partial charge in [-0.1, -0.05) is 12.1 Å². The van der Waals surface area contributed by atoms with Crippen LogP contribution in [-0.2, 0) is 9.53 Å². The van der Waals surface area contributed by atoms with Gasteiger partial charge in [0.05, 0.1) is 40.7 Å². The van der Waals surface area contributed by atoms with Gasteiger partial charge >= 0.3 is 5.97 Å². The molecule has 0 aliphatic carbocycles. The number of amides is 2. The second-order valence-corrected chi connectivity index (χ2v) is 6.25. The van der Waals surface area contributed by atoms with Crippen LogP contribution in [0.2, 0.25) is 0 Å². The summed E-state index contributed by atoms with van der Waals surface area (Å²) in [5.74, 6) is -1.76. The van der Waals surface area contributed by atoms with Crippen LogP contribution in [-0.4, -0.2) is 41.5 Å². The molecule has 2 aromatic carbocycles. The number of fused-ring (bicyclic) bond motifs is 1. The molecule has 8 heteroatoms. The zero-order valence-corrected chi connectivity index (χ0v) is 16.2. The lowest BCUT2D eigenvalue weighted by Crippen LogP contribution is -2.34. The largest absolute Gasteiger partial charge is 0.496 e. The number of aryl methyl sites for hydroxylation is 2. The van der Waals surface area contributed by atoms with Crippen molar-refractivity contribution >= 4 is 28.8 Å². The monoisotopic (exact) mass is 393 g/mol. The number of para-hydroxylation sites is 1. The van der Waals surface area contributed by atoms with Gasteiger partial charge in [0.1, 0.15) is 5.75 Å². The summed E-state index contributed by atoms with van der Waals surface area (Å²) >= 11 is 0. The Bertz CT molecular complexity index is 1110. The maximum atomic E-state index is 12.2. The number of hydrogen-bond acceptors (Lipinski definition) is 7. The number of esters is 1. The average molecular weight is 393 g/mol. The Morgan fingerprint density at radius 3 is 2.38 bits per heavy atom. The molecule has 0 radical (unpaired) electrons. The fraction of sp³-hybridized carbons (Fsp3) is 0.190. The molecule has 0 saturated carbocycles. The van der Waals surface area contributed by atoms with E-state index in [1.807, 2.05) is 13.8 Å². The van der Waals surface area contributed by atoms with E-state index < -0.39 is 24.4 Å². The molecular formula is C21H19N3O5. The average Bonchev–Trinajstić information content (AvgIpc) is 2.72. The highest BCUT2D eigenvalue weighted by atomic mass is 16.5. The van der Waals surface area contributed by atoms with Gasteiger partial charge in [0.2, 0.25) is 0 Å². The molecule has 148 valence electrons. The second-order valence-electron chi connectivity index (χ2n) is 6.25. The number of imide groups is 1. The van der Waals surface area contributed by atoms with Crippen LogP contribution < -0.4 is 10.1 Å². The highest BCUT2D eigenvalue weighted by molar-refractivity contribution is 6.07. The van der Waals surface area contributed by atoms with Crippen LogP contribution in [0, 0.1) is 13.8 Å². The number of methoxy groups -OCH3 is 1. The first-order valence-corrected chi connectivity index (χ1v) is 8.78. The number of nitrogens with zero attached hydrogens (tertiary/aromatic N) is 2. The molecule has 1 N–H and O–H groups in total. The molecule has 8 nitrogen and oxygen atoms in total. The predicted octanol–water partition coefficient (Wildman–Crippen LogP) is 2.37. The zero-order valence-electron chi connectivity index (χ0n) is 16.2. The number of carbonyl (C=O) groups is 3. The van der Waals surface area contributed by atoms with E-state index >= 15 is 0 Å². The van der Waals surface area contributed by atoms with Crippen molar-refractivity contribution in [2.75, 3.05) is 13.7 Å². The van der Waals surface area contributed by atoms with Crippen molar-refractivity contribution in [2.24, 2.45) is 0 Å². The van der Waals surface area contributed by atoms with Gasteiger partial charge in [0.25, 0.3) is 11.8 Å². The summed E-state index contributed by atoms with van der Waals surface area (Å²) in [5, 5.41) is 2.16. The number of hydrogen-bond donors (Lipinski definition) is 1. The molecule has 0 spiro atoms. The molecule has 3 rings (SSSR count). The molecule has 0 bridgehead atoms. The molecule has 2 amide bonds. The molecule has 3 aromatic rings. The SMILES string of the molecule is COc1ccccc1C(=O)NC(=O)COC(=O)c1ccc2nc(C)c(C)nc2c1. The van der Waals surface area contributed by atoms with Crippen molar-refractivity contribution in [3.63, 3.8) is 0 Å². The number of aromatic nitrogens is 2.